The van der Waals surface area contributed by atoms with Crippen LogP contribution in [-0.4, -0.2) is 17.2 Å². The number of carbonyl (C=O) groups is 1. The fourth-order valence-electron chi connectivity index (χ4n) is 2.34. The summed E-state index contributed by atoms with van der Waals surface area (Å²) in [5.74, 6) is 0.489. The lowest BCUT2D eigenvalue weighted by atomic mass is 10.1. The smallest absolute Gasteiger partial charge is 0.410 e. The molecule has 3 rings (SSSR count). The van der Waals surface area contributed by atoms with Gasteiger partial charge in [0.1, 0.15) is 5.75 Å². The number of benzene rings is 2. The van der Waals surface area contributed by atoms with Gasteiger partial charge in [-0.15, -0.1) is 0 Å². The lowest BCUT2D eigenvalue weighted by Gasteiger charge is -2.08. The molecule has 1 aromatic heterocycles. The van der Waals surface area contributed by atoms with Crippen LogP contribution >= 0.6 is 23.2 Å². The van der Waals surface area contributed by atoms with E-state index in [1.54, 1.807) is 24.3 Å². The topological polar surface area (TPSA) is 43.3 Å². The highest BCUT2D eigenvalue weighted by Crippen LogP contribution is 2.22. The summed E-state index contributed by atoms with van der Waals surface area (Å²) >= 11 is 11.8. The summed E-state index contributed by atoms with van der Waals surface area (Å²) in [6.07, 6.45) is 4.05. The van der Waals surface area contributed by atoms with Crippen LogP contribution in [0.15, 0.2) is 67.0 Å². The van der Waals surface area contributed by atoms with Crippen molar-refractivity contribution in [2.75, 3.05) is 6.54 Å². The Bertz CT molecular complexity index is 846. The van der Waals surface area contributed by atoms with E-state index in [9.17, 15) is 4.79 Å². The molecule has 6 heteroatoms. The van der Waals surface area contributed by atoms with Gasteiger partial charge in [-0.1, -0.05) is 29.3 Å². The number of halogens is 2. The number of rotatable bonds is 5. The first-order valence-electron chi connectivity index (χ1n) is 7.75. The lowest BCUT2D eigenvalue weighted by Crippen LogP contribution is -2.28. The number of hydrogen-bond donors (Lipinski definition) is 1. The molecule has 0 aliphatic carbocycles. The Hall–Kier alpha value is -2.43. The summed E-state index contributed by atoms with van der Waals surface area (Å²) < 4.78 is 7.23. The van der Waals surface area contributed by atoms with Gasteiger partial charge in [0, 0.05) is 24.6 Å². The highest BCUT2D eigenvalue weighted by molar-refractivity contribution is 6.42. The maximum absolute atomic E-state index is 11.9. The fraction of sp³-hybridized carbons (Fsp3) is 0.105. The third-order valence-corrected chi connectivity index (χ3v) is 4.36. The molecule has 0 aliphatic heterocycles. The zero-order valence-corrected chi connectivity index (χ0v) is 14.8. The van der Waals surface area contributed by atoms with E-state index in [1.807, 2.05) is 47.3 Å². The van der Waals surface area contributed by atoms with E-state index in [-0.39, 0.29) is 0 Å². The molecule has 1 heterocycles. The van der Waals surface area contributed by atoms with Crippen molar-refractivity contribution >= 4 is 29.3 Å². The molecule has 0 spiro atoms. The van der Waals surface area contributed by atoms with E-state index in [0.29, 0.717) is 28.8 Å². The summed E-state index contributed by atoms with van der Waals surface area (Å²) in [5, 5.41) is 3.73. The Morgan fingerprint density at radius 2 is 1.72 bits per heavy atom. The van der Waals surface area contributed by atoms with E-state index in [2.05, 4.69) is 5.32 Å². The van der Waals surface area contributed by atoms with Gasteiger partial charge in [-0.3, -0.25) is 0 Å². The minimum Gasteiger partial charge on any atom is -0.410 e. The van der Waals surface area contributed by atoms with Crippen LogP contribution < -0.4 is 10.1 Å². The monoisotopic (exact) mass is 374 g/mol. The molecular weight excluding hydrogens is 359 g/mol. The quantitative estimate of drug-likeness (QED) is 0.673. The molecule has 0 unspecified atom stereocenters. The van der Waals surface area contributed by atoms with E-state index in [4.69, 9.17) is 27.9 Å². The Balaban J connectivity index is 1.48. The summed E-state index contributed by atoms with van der Waals surface area (Å²) in [4.78, 5) is 11.9. The fourth-order valence-corrected chi connectivity index (χ4v) is 2.66. The minimum atomic E-state index is -0.492. The van der Waals surface area contributed by atoms with Crippen LogP contribution in [0.4, 0.5) is 4.79 Å². The van der Waals surface area contributed by atoms with Crippen molar-refractivity contribution in [1.82, 2.24) is 9.88 Å². The van der Waals surface area contributed by atoms with Gasteiger partial charge >= 0.3 is 6.09 Å². The maximum atomic E-state index is 11.9. The van der Waals surface area contributed by atoms with Crippen molar-refractivity contribution in [2.45, 2.75) is 6.42 Å². The summed E-state index contributed by atoms with van der Waals surface area (Å²) in [7, 11) is 0. The van der Waals surface area contributed by atoms with Crippen molar-refractivity contribution in [3.8, 4) is 11.4 Å². The minimum absolute atomic E-state index is 0.443. The van der Waals surface area contributed by atoms with Gasteiger partial charge in [0.25, 0.3) is 0 Å². The van der Waals surface area contributed by atoms with Gasteiger partial charge in [0.05, 0.1) is 10.0 Å². The van der Waals surface area contributed by atoms with Gasteiger partial charge in [-0.05, 0) is 60.5 Å². The normalized spacial score (nSPS) is 10.5. The van der Waals surface area contributed by atoms with Crippen LogP contribution in [0.25, 0.3) is 5.69 Å². The van der Waals surface area contributed by atoms with Crippen molar-refractivity contribution in [3.63, 3.8) is 0 Å². The van der Waals surface area contributed by atoms with E-state index < -0.39 is 6.09 Å². The van der Waals surface area contributed by atoms with Crippen LogP contribution in [0, 0.1) is 0 Å². The van der Waals surface area contributed by atoms with Crippen LogP contribution in [0.2, 0.25) is 10.0 Å². The molecular formula is C19H16Cl2N2O2. The van der Waals surface area contributed by atoms with E-state index in [1.165, 1.54) is 0 Å². The van der Waals surface area contributed by atoms with Crippen molar-refractivity contribution in [2.24, 2.45) is 0 Å². The molecule has 0 bridgehead atoms. The van der Waals surface area contributed by atoms with Crippen LogP contribution in [0.5, 0.6) is 5.75 Å². The second kappa shape index (κ2) is 8.10. The highest BCUT2D eigenvalue weighted by Gasteiger charge is 2.05. The molecule has 0 atom stereocenters. The van der Waals surface area contributed by atoms with Gasteiger partial charge in [-0.2, -0.15) is 0 Å². The maximum Gasteiger partial charge on any atom is 0.412 e. The first-order valence-corrected chi connectivity index (χ1v) is 8.50. The van der Waals surface area contributed by atoms with Crippen molar-refractivity contribution in [3.05, 3.63) is 82.6 Å². The zero-order chi connectivity index (χ0) is 17.6. The molecule has 0 saturated heterocycles. The largest absolute Gasteiger partial charge is 0.412 e. The number of nitrogens with zero attached hydrogens (tertiary/aromatic N) is 1. The molecule has 4 nitrogen and oxygen atoms in total. The second-order valence-electron chi connectivity index (χ2n) is 5.40. The zero-order valence-electron chi connectivity index (χ0n) is 13.3. The summed E-state index contributed by atoms with van der Waals surface area (Å²) in [5.41, 5.74) is 1.99. The molecule has 0 saturated carbocycles. The summed E-state index contributed by atoms with van der Waals surface area (Å²) in [6.45, 7) is 0.443. The van der Waals surface area contributed by atoms with Gasteiger partial charge < -0.3 is 14.6 Å². The molecule has 2 aromatic carbocycles. The third kappa shape index (κ3) is 4.78. The first-order chi connectivity index (χ1) is 12.1. The Morgan fingerprint density at radius 3 is 2.40 bits per heavy atom. The van der Waals surface area contributed by atoms with Crippen LogP contribution in [0.1, 0.15) is 5.56 Å². The standard InChI is InChI=1S/C19H16Cl2N2O2/c20-17-8-3-14(13-18(17)21)9-10-22-19(24)25-16-6-4-15(5-7-16)23-11-1-2-12-23/h1-8,11-13H,9-10H2,(H,22,24). The molecule has 0 aliphatic rings. The molecule has 1 N–H and O–H groups in total. The predicted octanol–water partition coefficient (Wildman–Crippen LogP) is 5.12. The van der Waals surface area contributed by atoms with Crippen molar-refractivity contribution < 1.29 is 9.53 Å². The average molecular weight is 375 g/mol. The van der Waals surface area contributed by atoms with Gasteiger partial charge in [-0.25, -0.2) is 4.79 Å². The molecule has 128 valence electrons. The number of nitrogens with one attached hydrogen (secondary N) is 1. The Labute approximate surface area is 155 Å². The first kappa shape index (κ1) is 17.4. The van der Waals surface area contributed by atoms with Gasteiger partial charge in [0.2, 0.25) is 0 Å². The lowest BCUT2D eigenvalue weighted by molar-refractivity contribution is 0.200. The molecule has 3 aromatic rings. The summed E-state index contributed by atoms with van der Waals surface area (Å²) in [6, 6.07) is 16.6. The van der Waals surface area contributed by atoms with Crippen molar-refractivity contribution in [1.29, 1.82) is 0 Å². The Morgan fingerprint density at radius 1 is 1.00 bits per heavy atom. The van der Waals surface area contributed by atoms with E-state index >= 15 is 0 Å². The van der Waals surface area contributed by atoms with Gasteiger partial charge in [0.15, 0.2) is 0 Å². The number of ether oxygens (including phenoxy) is 1. The number of hydrogen-bond acceptors (Lipinski definition) is 2. The molecule has 0 radical (unpaired) electrons. The Kier molecular flexibility index (Phi) is 5.64. The SMILES string of the molecule is O=C(NCCc1ccc(Cl)c(Cl)c1)Oc1ccc(-n2cccc2)cc1. The van der Waals surface area contributed by atoms with E-state index in [0.717, 1.165) is 11.3 Å². The predicted molar refractivity (Wildman–Crippen MR) is 100.0 cm³/mol. The number of carbonyl (C=O) groups excluding carboxylic acids is 1. The molecule has 0 fully saturated rings. The second-order valence-corrected chi connectivity index (χ2v) is 6.21. The molecule has 25 heavy (non-hydrogen) atoms. The average Bonchev–Trinajstić information content (AvgIpc) is 3.13. The van der Waals surface area contributed by atoms with Crippen LogP contribution in [-0.2, 0) is 6.42 Å². The number of aromatic nitrogens is 1. The molecule has 1 amide bonds. The van der Waals surface area contributed by atoms with Crippen LogP contribution in [0.3, 0.4) is 0 Å². The third-order valence-electron chi connectivity index (χ3n) is 3.62. The highest BCUT2D eigenvalue weighted by atomic mass is 35.5. The number of amides is 1.